The van der Waals surface area contributed by atoms with Crippen molar-refractivity contribution < 1.29 is 14.0 Å². The number of carbonyl (C=O) groups excluding carboxylic acids is 2. The van der Waals surface area contributed by atoms with Crippen LogP contribution in [0.1, 0.15) is 45.9 Å². The van der Waals surface area contributed by atoms with Gasteiger partial charge in [0.05, 0.1) is 20.5 Å². The number of amides is 2. The predicted molar refractivity (Wildman–Crippen MR) is 100 cm³/mol. The molecule has 4 nitrogen and oxygen atoms in total. The van der Waals surface area contributed by atoms with Gasteiger partial charge < -0.3 is 10.2 Å². The van der Waals surface area contributed by atoms with E-state index in [0.29, 0.717) is 9.88 Å². The summed E-state index contributed by atoms with van der Waals surface area (Å²) in [6.07, 6.45) is 0.860. The van der Waals surface area contributed by atoms with Gasteiger partial charge in [-0.05, 0) is 50.1 Å². The molecule has 134 valence electrons. The van der Waals surface area contributed by atoms with E-state index in [1.807, 2.05) is 20.8 Å². The molecular formula is C18H20ClFN2O2S. The zero-order valence-corrected chi connectivity index (χ0v) is 16.1. The number of hydrogen-bond donors (Lipinski definition) is 1. The third kappa shape index (κ3) is 4.38. The minimum absolute atomic E-state index is 0.0404. The normalized spacial score (nSPS) is 11.9. The molecule has 1 heterocycles. The average molecular weight is 383 g/mol. The molecule has 0 aliphatic rings. The molecule has 0 bridgehead atoms. The SMILES string of the molecule is CCC(C)N(C)C(=O)c1sc(NC(=O)c2ccc(F)cc2Cl)cc1C. The molecule has 0 spiro atoms. The van der Waals surface area contributed by atoms with E-state index in [-0.39, 0.29) is 22.5 Å². The number of thiophene rings is 1. The van der Waals surface area contributed by atoms with Gasteiger partial charge in [-0.2, -0.15) is 0 Å². The lowest BCUT2D eigenvalue weighted by Crippen LogP contribution is -2.34. The molecule has 0 aliphatic heterocycles. The minimum atomic E-state index is -0.505. The first-order chi connectivity index (χ1) is 11.7. The van der Waals surface area contributed by atoms with E-state index in [1.165, 1.54) is 23.5 Å². The Bertz CT molecular complexity index is 806. The van der Waals surface area contributed by atoms with Crippen molar-refractivity contribution in [2.75, 3.05) is 12.4 Å². The van der Waals surface area contributed by atoms with Gasteiger partial charge in [-0.15, -0.1) is 11.3 Å². The maximum absolute atomic E-state index is 13.1. The quantitative estimate of drug-likeness (QED) is 0.793. The Labute approximate surface area is 155 Å². The number of halogens is 2. The molecule has 0 saturated heterocycles. The van der Waals surface area contributed by atoms with E-state index in [1.54, 1.807) is 18.0 Å². The molecule has 1 unspecified atom stereocenters. The van der Waals surface area contributed by atoms with Crippen LogP contribution in [0.5, 0.6) is 0 Å². The largest absolute Gasteiger partial charge is 0.338 e. The Balaban J connectivity index is 2.19. The number of hydrogen-bond acceptors (Lipinski definition) is 3. The highest BCUT2D eigenvalue weighted by Gasteiger charge is 2.21. The van der Waals surface area contributed by atoms with Crippen LogP contribution in [-0.2, 0) is 0 Å². The van der Waals surface area contributed by atoms with Crippen molar-refractivity contribution in [1.29, 1.82) is 0 Å². The molecule has 0 saturated carbocycles. The van der Waals surface area contributed by atoms with Gasteiger partial charge in [0.2, 0.25) is 0 Å². The molecule has 1 atom stereocenters. The highest BCUT2D eigenvalue weighted by atomic mass is 35.5. The van der Waals surface area contributed by atoms with Crippen LogP contribution in [-0.4, -0.2) is 29.8 Å². The fourth-order valence-corrected chi connectivity index (χ4v) is 3.55. The van der Waals surface area contributed by atoms with Crippen molar-refractivity contribution >= 4 is 39.8 Å². The highest BCUT2D eigenvalue weighted by Crippen LogP contribution is 2.29. The standard InChI is InChI=1S/C18H20ClFN2O2S/c1-5-11(3)22(4)18(24)16-10(2)8-15(25-16)21-17(23)13-7-6-12(20)9-14(13)19/h6-9,11H,5H2,1-4H3,(H,21,23). The van der Waals surface area contributed by atoms with Crippen LogP contribution in [0.15, 0.2) is 24.3 Å². The molecule has 25 heavy (non-hydrogen) atoms. The number of benzene rings is 1. The minimum Gasteiger partial charge on any atom is -0.338 e. The van der Waals surface area contributed by atoms with E-state index in [4.69, 9.17) is 11.6 Å². The zero-order chi connectivity index (χ0) is 18.7. The molecule has 2 rings (SSSR count). The molecule has 1 N–H and O–H groups in total. The maximum atomic E-state index is 13.1. The zero-order valence-electron chi connectivity index (χ0n) is 14.5. The lowest BCUT2D eigenvalue weighted by atomic mass is 10.2. The topological polar surface area (TPSA) is 49.4 Å². The summed E-state index contributed by atoms with van der Waals surface area (Å²) in [7, 11) is 1.77. The van der Waals surface area contributed by atoms with Crippen LogP contribution < -0.4 is 5.32 Å². The summed E-state index contributed by atoms with van der Waals surface area (Å²) < 4.78 is 13.1. The van der Waals surface area contributed by atoms with Gasteiger partial charge in [-0.3, -0.25) is 9.59 Å². The van der Waals surface area contributed by atoms with Gasteiger partial charge in [-0.25, -0.2) is 4.39 Å². The number of nitrogens with zero attached hydrogens (tertiary/aromatic N) is 1. The molecule has 7 heteroatoms. The van der Waals surface area contributed by atoms with Crippen LogP contribution in [0.2, 0.25) is 5.02 Å². The molecule has 0 aliphatic carbocycles. The van der Waals surface area contributed by atoms with E-state index in [2.05, 4.69) is 5.32 Å². The van der Waals surface area contributed by atoms with Gasteiger partial charge >= 0.3 is 0 Å². The number of nitrogens with one attached hydrogen (secondary N) is 1. The van der Waals surface area contributed by atoms with Crippen LogP contribution in [0.3, 0.4) is 0 Å². The summed E-state index contributed by atoms with van der Waals surface area (Å²) in [4.78, 5) is 27.2. The van der Waals surface area contributed by atoms with Gasteiger partial charge in [0, 0.05) is 13.1 Å². The van der Waals surface area contributed by atoms with Gasteiger partial charge in [0.1, 0.15) is 5.82 Å². The third-order valence-electron chi connectivity index (χ3n) is 4.10. The van der Waals surface area contributed by atoms with E-state index in [9.17, 15) is 14.0 Å². The number of aryl methyl sites for hydroxylation is 1. The summed E-state index contributed by atoms with van der Waals surface area (Å²) in [6.45, 7) is 5.84. The lowest BCUT2D eigenvalue weighted by Gasteiger charge is -2.23. The van der Waals surface area contributed by atoms with Crippen LogP contribution in [0.4, 0.5) is 9.39 Å². The van der Waals surface area contributed by atoms with Crippen molar-refractivity contribution in [3.8, 4) is 0 Å². The Morgan fingerprint density at radius 3 is 2.64 bits per heavy atom. The molecule has 2 amide bonds. The second-order valence-electron chi connectivity index (χ2n) is 5.87. The van der Waals surface area contributed by atoms with Crippen molar-refractivity contribution in [3.05, 3.63) is 51.1 Å². The molecule has 0 fully saturated rings. The smallest absolute Gasteiger partial charge is 0.264 e. The number of carbonyl (C=O) groups is 2. The van der Waals surface area contributed by atoms with Crippen LogP contribution in [0.25, 0.3) is 0 Å². The molecule has 1 aromatic heterocycles. The van der Waals surface area contributed by atoms with Crippen molar-refractivity contribution in [2.24, 2.45) is 0 Å². The molecule has 0 radical (unpaired) electrons. The Kier molecular flexibility index (Phi) is 6.19. The summed E-state index contributed by atoms with van der Waals surface area (Å²) >= 11 is 7.13. The van der Waals surface area contributed by atoms with E-state index in [0.717, 1.165) is 18.1 Å². The second-order valence-corrected chi connectivity index (χ2v) is 7.33. The second kappa shape index (κ2) is 7.97. The Morgan fingerprint density at radius 2 is 2.04 bits per heavy atom. The molecule has 2 aromatic rings. The van der Waals surface area contributed by atoms with Crippen LogP contribution in [0, 0.1) is 12.7 Å². The molecule has 1 aromatic carbocycles. The Morgan fingerprint density at radius 1 is 1.36 bits per heavy atom. The van der Waals surface area contributed by atoms with E-state index >= 15 is 0 Å². The van der Waals surface area contributed by atoms with Crippen molar-refractivity contribution in [3.63, 3.8) is 0 Å². The Hall–Kier alpha value is -1.92. The fourth-order valence-electron chi connectivity index (χ4n) is 2.24. The maximum Gasteiger partial charge on any atom is 0.264 e. The first-order valence-electron chi connectivity index (χ1n) is 7.88. The summed E-state index contributed by atoms with van der Waals surface area (Å²) in [5.41, 5.74) is 0.976. The third-order valence-corrected chi connectivity index (χ3v) is 5.55. The number of anilines is 1. The molecular weight excluding hydrogens is 363 g/mol. The number of rotatable bonds is 5. The van der Waals surface area contributed by atoms with Gasteiger partial charge in [0.15, 0.2) is 0 Å². The van der Waals surface area contributed by atoms with Gasteiger partial charge in [0.25, 0.3) is 11.8 Å². The van der Waals surface area contributed by atoms with Crippen molar-refractivity contribution in [1.82, 2.24) is 4.90 Å². The van der Waals surface area contributed by atoms with E-state index < -0.39 is 11.7 Å². The average Bonchev–Trinajstić information content (AvgIpc) is 2.92. The van der Waals surface area contributed by atoms with Crippen LogP contribution >= 0.6 is 22.9 Å². The predicted octanol–water partition coefficient (Wildman–Crippen LogP) is 4.97. The van der Waals surface area contributed by atoms with Crippen molar-refractivity contribution in [2.45, 2.75) is 33.2 Å². The summed E-state index contributed by atoms with van der Waals surface area (Å²) in [5.74, 6) is -1.02. The highest BCUT2D eigenvalue weighted by molar-refractivity contribution is 7.18. The lowest BCUT2D eigenvalue weighted by molar-refractivity contribution is 0.0744. The first kappa shape index (κ1) is 19.4. The monoisotopic (exact) mass is 382 g/mol. The fraction of sp³-hybridized carbons (Fsp3) is 0.333. The summed E-state index contributed by atoms with van der Waals surface area (Å²) in [6, 6.07) is 5.47. The summed E-state index contributed by atoms with van der Waals surface area (Å²) in [5, 5.41) is 3.30. The van der Waals surface area contributed by atoms with Gasteiger partial charge in [-0.1, -0.05) is 18.5 Å². The first-order valence-corrected chi connectivity index (χ1v) is 9.08.